The van der Waals surface area contributed by atoms with Crippen LogP contribution in [0.5, 0.6) is 0 Å². The van der Waals surface area contributed by atoms with Crippen LogP contribution in [0.25, 0.3) is 0 Å². The zero-order chi connectivity index (χ0) is 16.1. The van der Waals surface area contributed by atoms with E-state index in [9.17, 15) is 14.4 Å². The van der Waals surface area contributed by atoms with E-state index >= 15 is 0 Å². The van der Waals surface area contributed by atoms with Crippen LogP contribution in [0.15, 0.2) is 0 Å². The molecule has 2 saturated heterocycles. The molecule has 2 fully saturated rings. The van der Waals surface area contributed by atoms with Crippen LogP contribution in [0.3, 0.4) is 0 Å². The van der Waals surface area contributed by atoms with Gasteiger partial charge in [-0.05, 0) is 32.1 Å². The van der Waals surface area contributed by atoms with Crippen LogP contribution >= 0.6 is 0 Å². The second-order valence-electron chi connectivity index (χ2n) is 6.35. The Balaban J connectivity index is 1.96. The quantitative estimate of drug-likeness (QED) is 0.834. The highest BCUT2D eigenvalue weighted by Crippen LogP contribution is 2.26. The zero-order valence-electron chi connectivity index (χ0n) is 13.3. The average Bonchev–Trinajstić information content (AvgIpc) is 2.94. The van der Waals surface area contributed by atoms with E-state index in [-0.39, 0.29) is 30.2 Å². The molecule has 2 heterocycles. The molecule has 0 aromatic carbocycles. The minimum Gasteiger partial charge on any atom is -0.481 e. The molecule has 22 heavy (non-hydrogen) atoms. The number of carboxylic acids is 1. The third-order valence-corrected chi connectivity index (χ3v) is 4.66. The van der Waals surface area contributed by atoms with Crippen molar-refractivity contribution in [1.82, 2.24) is 9.80 Å². The van der Waals surface area contributed by atoms with Crippen LogP contribution in [0.4, 0.5) is 0 Å². The minimum absolute atomic E-state index is 0.0247. The van der Waals surface area contributed by atoms with Crippen LogP contribution < -0.4 is 0 Å². The van der Waals surface area contributed by atoms with Gasteiger partial charge in [0.05, 0.1) is 12.3 Å². The first-order valence-corrected chi connectivity index (χ1v) is 8.33. The molecule has 0 radical (unpaired) electrons. The summed E-state index contributed by atoms with van der Waals surface area (Å²) in [5, 5.41) is 8.97. The Bertz CT molecular complexity index is 438. The van der Waals surface area contributed by atoms with E-state index in [0.29, 0.717) is 19.5 Å². The van der Waals surface area contributed by atoms with E-state index < -0.39 is 5.97 Å². The van der Waals surface area contributed by atoms with Gasteiger partial charge in [-0.2, -0.15) is 0 Å². The molecule has 0 bridgehead atoms. The molecule has 2 unspecified atom stereocenters. The Hall–Kier alpha value is -1.59. The second-order valence-corrected chi connectivity index (χ2v) is 6.35. The number of aliphatic carboxylic acids is 1. The Morgan fingerprint density at radius 3 is 2.55 bits per heavy atom. The number of nitrogens with zero attached hydrogens (tertiary/aromatic N) is 2. The smallest absolute Gasteiger partial charge is 0.305 e. The summed E-state index contributed by atoms with van der Waals surface area (Å²) in [5.41, 5.74) is 0. The summed E-state index contributed by atoms with van der Waals surface area (Å²) < 4.78 is 0. The zero-order valence-corrected chi connectivity index (χ0v) is 13.3. The molecular formula is C16H26N2O4. The monoisotopic (exact) mass is 310 g/mol. The van der Waals surface area contributed by atoms with Crippen molar-refractivity contribution in [3.05, 3.63) is 0 Å². The Kier molecular flexibility index (Phi) is 5.80. The van der Waals surface area contributed by atoms with Crippen molar-refractivity contribution >= 4 is 17.8 Å². The minimum atomic E-state index is -0.854. The predicted molar refractivity (Wildman–Crippen MR) is 81.2 cm³/mol. The van der Waals surface area contributed by atoms with Gasteiger partial charge < -0.3 is 14.9 Å². The van der Waals surface area contributed by atoms with Crippen molar-refractivity contribution in [2.75, 3.05) is 19.6 Å². The van der Waals surface area contributed by atoms with Crippen LogP contribution in [0.2, 0.25) is 0 Å². The van der Waals surface area contributed by atoms with Gasteiger partial charge in [0.1, 0.15) is 0 Å². The number of amides is 2. The number of likely N-dealkylation sites (tertiary alicyclic amines) is 2. The summed E-state index contributed by atoms with van der Waals surface area (Å²) in [6, 6.07) is -0.174. The number of hydrogen-bond donors (Lipinski definition) is 1. The summed E-state index contributed by atoms with van der Waals surface area (Å²) in [6.07, 6.45) is 4.66. The number of piperidine rings is 1. The number of carbonyl (C=O) groups is 3. The molecule has 6 heteroatoms. The third kappa shape index (κ3) is 3.99. The van der Waals surface area contributed by atoms with Gasteiger partial charge in [0.15, 0.2) is 0 Å². The Morgan fingerprint density at radius 2 is 1.86 bits per heavy atom. The molecule has 0 aliphatic carbocycles. The lowest BCUT2D eigenvalue weighted by Crippen LogP contribution is -2.48. The highest BCUT2D eigenvalue weighted by atomic mass is 16.4. The molecule has 2 aliphatic heterocycles. The SMILES string of the molecule is CCCC(=O)N1CCCC(C(=O)N2CCCC2CC(=O)O)C1. The second kappa shape index (κ2) is 7.61. The average molecular weight is 310 g/mol. The van der Waals surface area contributed by atoms with Gasteiger partial charge in [-0.15, -0.1) is 0 Å². The van der Waals surface area contributed by atoms with Crippen LogP contribution in [0, 0.1) is 5.92 Å². The summed E-state index contributed by atoms with van der Waals surface area (Å²) in [7, 11) is 0. The molecule has 0 spiro atoms. The van der Waals surface area contributed by atoms with E-state index in [0.717, 1.165) is 38.6 Å². The van der Waals surface area contributed by atoms with Gasteiger partial charge in [-0.3, -0.25) is 14.4 Å². The predicted octanol–water partition coefficient (Wildman–Crippen LogP) is 1.49. The van der Waals surface area contributed by atoms with Crippen LogP contribution in [-0.2, 0) is 14.4 Å². The fourth-order valence-corrected chi connectivity index (χ4v) is 3.55. The van der Waals surface area contributed by atoms with Gasteiger partial charge in [-0.25, -0.2) is 0 Å². The largest absolute Gasteiger partial charge is 0.481 e. The van der Waals surface area contributed by atoms with Gasteiger partial charge in [0, 0.05) is 32.1 Å². The molecule has 1 N–H and O–H groups in total. The molecule has 2 atom stereocenters. The lowest BCUT2D eigenvalue weighted by Gasteiger charge is -2.35. The molecule has 0 aromatic heterocycles. The molecule has 6 nitrogen and oxygen atoms in total. The number of rotatable bonds is 5. The standard InChI is InChI=1S/C16H26N2O4/c1-2-5-14(19)17-8-3-6-12(11-17)16(22)18-9-4-7-13(18)10-15(20)21/h12-13H,2-11H2,1H3,(H,20,21). The van der Waals surface area contributed by atoms with Crippen molar-refractivity contribution < 1.29 is 19.5 Å². The van der Waals surface area contributed by atoms with Crippen molar-refractivity contribution in [2.45, 2.75) is 57.9 Å². The van der Waals surface area contributed by atoms with Crippen LogP contribution in [-0.4, -0.2) is 58.4 Å². The number of hydrogen-bond acceptors (Lipinski definition) is 3. The lowest BCUT2D eigenvalue weighted by atomic mass is 9.95. The number of carbonyl (C=O) groups excluding carboxylic acids is 2. The summed E-state index contributed by atoms with van der Waals surface area (Å²) in [5.74, 6) is -0.849. The highest BCUT2D eigenvalue weighted by Gasteiger charge is 2.36. The lowest BCUT2D eigenvalue weighted by molar-refractivity contribution is -0.143. The molecule has 124 valence electrons. The van der Waals surface area contributed by atoms with E-state index in [1.807, 2.05) is 6.92 Å². The maximum Gasteiger partial charge on any atom is 0.305 e. The fourth-order valence-electron chi connectivity index (χ4n) is 3.55. The van der Waals surface area contributed by atoms with Gasteiger partial charge in [0.25, 0.3) is 0 Å². The Labute approximate surface area is 131 Å². The summed E-state index contributed by atoms with van der Waals surface area (Å²) in [4.78, 5) is 39.2. The molecular weight excluding hydrogens is 284 g/mol. The topological polar surface area (TPSA) is 77.9 Å². The summed E-state index contributed by atoms with van der Waals surface area (Å²) in [6.45, 7) is 3.86. The van der Waals surface area contributed by atoms with Crippen molar-refractivity contribution in [3.63, 3.8) is 0 Å². The molecule has 0 aromatic rings. The Morgan fingerprint density at radius 1 is 1.14 bits per heavy atom. The first-order chi connectivity index (χ1) is 10.5. The van der Waals surface area contributed by atoms with Crippen molar-refractivity contribution in [3.8, 4) is 0 Å². The molecule has 2 aliphatic rings. The van der Waals surface area contributed by atoms with Gasteiger partial charge in [0.2, 0.25) is 11.8 Å². The third-order valence-electron chi connectivity index (χ3n) is 4.66. The fraction of sp³-hybridized carbons (Fsp3) is 0.812. The summed E-state index contributed by atoms with van der Waals surface area (Å²) >= 11 is 0. The molecule has 2 rings (SSSR count). The van der Waals surface area contributed by atoms with Gasteiger partial charge in [-0.1, -0.05) is 6.92 Å². The molecule has 2 amide bonds. The van der Waals surface area contributed by atoms with E-state index in [4.69, 9.17) is 5.11 Å². The van der Waals surface area contributed by atoms with Gasteiger partial charge >= 0.3 is 5.97 Å². The normalized spacial score (nSPS) is 25.3. The van der Waals surface area contributed by atoms with E-state index in [1.165, 1.54) is 0 Å². The van der Waals surface area contributed by atoms with Crippen molar-refractivity contribution in [1.29, 1.82) is 0 Å². The van der Waals surface area contributed by atoms with E-state index in [2.05, 4.69) is 0 Å². The maximum absolute atomic E-state index is 12.7. The first kappa shape index (κ1) is 16.8. The molecule has 0 saturated carbocycles. The maximum atomic E-state index is 12.7. The van der Waals surface area contributed by atoms with Crippen molar-refractivity contribution in [2.24, 2.45) is 5.92 Å². The highest BCUT2D eigenvalue weighted by molar-refractivity contribution is 5.82. The number of carboxylic acid groups (broad SMARTS) is 1. The van der Waals surface area contributed by atoms with E-state index in [1.54, 1.807) is 9.80 Å². The van der Waals surface area contributed by atoms with Crippen LogP contribution in [0.1, 0.15) is 51.9 Å². The first-order valence-electron chi connectivity index (χ1n) is 8.33.